The molecule has 2 aromatic carbocycles. The van der Waals surface area contributed by atoms with E-state index in [0.717, 1.165) is 0 Å². The second-order valence-electron chi connectivity index (χ2n) is 11.1. The van der Waals surface area contributed by atoms with Gasteiger partial charge in [-0.25, -0.2) is 4.79 Å². The monoisotopic (exact) mass is 688 g/mol. The average molecular weight is 689 g/mol. The molecule has 48 heavy (non-hydrogen) atoms. The molecule has 0 spiro atoms. The van der Waals surface area contributed by atoms with Crippen molar-refractivity contribution in [1.82, 2.24) is 26.6 Å². The third-order valence-corrected chi connectivity index (χ3v) is 7.77. The lowest BCUT2D eigenvalue weighted by atomic mass is 10.0. The van der Waals surface area contributed by atoms with Crippen molar-refractivity contribution in [2.45, 2.75) is 69.4 Å². The summed E-state index contributed by atoms with van der Waals surface area (Å²) in [4.78, 5) is 76.0. The highest BCUT2D eigenvalue weighted by atomic mass is 32.2. The van der Waals surface area contributed by atoms with Crippen molar-refractivity contribution in [2.75, 3.05) is 18.6 Å². The van der Waals surface area contributed by atoms with Gasteiger partial charge in [0.1, 0.15) is 23.9 Å². The number of carboxylic acid groups (broad SMARTS) is 1. The number of benzene rings is 2. The first kappa shape index (κ1) is 39.5. The summed E-state index contributed by atoms with van der Waals surface area (Å²) in [6.45, 7) is 2.08. The molecule has 0 radical (unpaired) electrons. The van der Waals surface area contributed by atoms with Gasteiger partial charge in [-0.15, -0.1) is 0 Å². The minimum Gasteiger partial charge on any atom is -0.508 e. The SMILES string of the molecule is CSCC[C@H](NC(=O)[C@H](Cc1ccccc1)NC(=O)CNC(=O)[C@@H](C)NC(=O)[C@@H](N)Cc1ccc(O)cc1)C(=O)N[C@H](C(=O)O)[C@@H](C)O. The number of rotatable bonds is 19. The first-order valence-electron chi connectivity index (χ1n) is 15.2. The van der Waals surface area contributed by atoms with E-state index in [9.17, 15) is 44.1 Å². The molecule has 2 rings (SSSR count). The zero-order valence-corrected chi connectivity index (χ0v) is 27.8. The predicted octanol–water partition coefficient (Wildman–Crippen LogP) is -1.20. The number of hydrogen-bond acceptors (Lipinski definition) is 10. The highest BCUT2D eigenvalue weighted by Gasteiger charge is 2.31. The van der Waals surface area contributed by atoms with Crippen molar-refractivity contribution < 1.29 is 44.1 Å². The van der Waals surface area contributed by atoms with Gasteiger partial charge in [0.05, 0.1) is 18.7 Å². The van der Waals surface area contributed by atoms with Crippen molar-refractivity contribution in [3.8, 4) is 5.75 Å². The second-order valence-corrected chi connectivity index (χ2v) is 12.1. The molecule has 0 heterocycles. The zero-order valence-electron chi connectivity index (χ0n) is 27.0. The number of aliphatic hydroxyl groups is 1. The average Bonchev–Trinajstić information content (AvgIpc) is 3.04. The molecule has 0 aliphatic rings. The maximum Gasteiger partial charge on any atom is 0.328 e. The molecule has 0 saturated heterocycles. The smallest absolute Gasteiger partial charge is 0.328 e. The van der Waals surface area contributed by atoms with Gasteiger partial charge in [-0.3, -0.25) is 24.0 Å². The number of aliphatic hydroxyl groups excluding tert-OH is 1. The molecule has 0 unspecified atom stereocenters. The Balaban J connectivity index is 2.04. The lowest BCUT2D eigenvalue weighted by Crippen LogP contribution is -2.58. The molecule has 0 aliphatic carbocycles. The van der Waals surface area contributed by atoms with Crippen molar-refractivity contribution in [3.05, 3.63) is 65.7 Å². The fourth-order valence-corrected chi connectivity index (χ4v) is 4.88. The summed E-state index contributed by atoms with van der Waals surface area (Å²) in [5.41, 5.74) is 7.36. The molecule has 10 N–H and O–H groups in total. The summed E-state index contributed by atoms with van der Waals surface area (Å²) in [6, 6.07) is 8.92. The van der Waals surface area contributed by atoms with Gasteiger partial charge in [0.25, 0.3) is 0 Å². The predicted molar refractivity (Wildman–Crippen MR) is 179 cm³/mol. The van der Waals surface area contributed by atoms with Crippen LogP contribution >= 0.6 is 11.8 Å². The van der Waals surface area contributed by atoms with E-state index in [1.54, 1.807) is 48.7 Å². The number of aromatic hydroxyl groups is 1. The number of nitrogens with one attached hydrogen (secondary N) is 5. The molecule has 0 aliphatic heterocycles. The molecule has 0 fully saturated rings. The van der Waals surface area contributed by atoms with Gasteiger partial charge >= 0.3 is 5.97 Å². The number of nitrogens with two attached hydrogens (primary N) is 1. The standard InChI is InChI=1S/C32H44N6O9S/c1-18(35-29(43)23(33)15-21-9-11-22(40)12-10-21)28(42)34-17-26(41)36-25(16-20-7-5-4-6-8-20)31(45)37-24(13-14-48-3)30(44)38-27(19(2)39)32(46)47/h4-12,18-19,23-25,27,39-40H,13-17,33H2,1-3H3,(H,34,42)(H,35,43)(H,36,41)(H,37,45)(H,38,44)(H,46,47)/t18-,19-,23+,24+,25+,27+/m1/s1. The maximum atomic E-state index is 13.5. The molecule has 15 nitrogen and oxygen atoms in total. The summed E-state index contributed by atoms with van der Waals surface area (Å²) in [6.07, 6.45) is 0.711. The molecule has 2 aromatic rings. The molecule has 0 aromatic heterocycles. The van der Waals surface area contributed by atoms with Crippen LogP contribution < -0.4 is 32.3 Å². The van der Waals surface area contributed by atoms with Gasteiger partial charge in [0.2, 0.25) is 29.5 Å². The van der Waals surface area contributed by atoms with Crippen LogP contribution in [0.15, 0.2) is 54.6 Å². The molecule has 5 amide bonds. The fraction of sp³-hybridized carbons (Fsp3) is 0.438. The third kappa shape index (κ3) is 13.6. The molecule has 262 valence electrons. The van der Waals surface area contributed by atoms with Crippen LogP contribution in [-0.2, 0) is 41.6 Å². The van der Waals surface area contributed by atoms with E-state index in [0.29, 0.717) is 16.9 Å². The van der Waals surface area contributed by atoms with E-state index in [2.05, 4.69) is 26.6 Å². The van der Waals surface area contributed by atoms with Crippen LogP contribution in [0.2, 0.25) is 0 Å². The van der Waals surface area contributed by atoms with Gasteiger partial charge in [0.15, 0.2) is 6.04 Å². The summed E-state index contributed by atoms with van der Waals surface area (Å²) >= 11 is 1.40. The Hall–Kier alpha value is -4.67. The minimum absolute atomic E-state index is 0.0278. The van der Waals surface area contributed by atoms with Crippen LogP contribution in [0.3, 0.4) is 0 Å². The van der Waals surface area contributed by atoms with Crippen LogP contribution in [-0.4, -0.2) is 106 Å². The second kappa shape index (κ2) is 19.9. The van der Waals surface area contributed by atoms with Crippen LogP contribution in [0.25, 0.3) is 0 Å². The molecular formula is C32H44N6O9S. The molecule has 0 bridgehead atoms. The summed E-state index contributed by atoms with van der Waals surface area (Å²) < 4.78 is 0. The van der Waals surface area contributed by atoms with Crippen LogP contribution in [0.5, 0.6) is 5.75 Å². The molecule has 0 saturated carbocycles. The van der Waals surface area contributed by atoms with Crippen LogP contribution in [0, 0.1) is 0 Å². The number of aliphatic carboxylic acids is 1. The van der Waals surface area contributed by atoms with Crippen molar-refractivity contribution in [2.24, 2.45) is 5.73 Å². The number of carbonyl (C=O) groups excluding carboxylic acids is 5. The number of phenolic OH excluding ortho intramolecular Hbond substituents is 1. The van der Waals surface area contributed by atoms with Gasteiger partial charge in [-0.2, -0.15) is 11.8 Å². The zero-order chi connectivity index (χ0) is 35.8. The van der Waals surface area contributed by atoms with Crippen molar-refractivity contribution in [1.29, 1.82) is 0 Å². The molecule has 16 heteroatoms. The highest BCUT2D eigenvalue weighted by molar-refractivity contribution is 7.98. The number of carbonyl (C=O) groups is 6. The Morgan fingerprint density at radius 1 is 0.771 bits per heavy atom. The van der Waals surface area contributed by atoms with Crippen molar-refractivity contribution in [3.63, 3.8) is 0 Å². The van der Waals surface area contributed by atoms with E-state index < -0.39 is 78.4 Å². The molecule has 6 atom stereocenters. The van der Waals surface area contributed by atoms with Gasteiger partial charge in [-0.05, 0) is 62.0 Å². The largest absolute Gasteiger partial charge is 0.508 e. The normalized spacial score (nSPS) is 14.6. The van der Waals surface area contributed by atoms with E-state index >= 15 is 0 Å². The first-order chi connectivity index (χ1) is 22.7. The lowest BCUT2D eigenvalue weighted by Gasteiger charge is -2.25. The van der Waals surface area contributed by atoms with Crippen LogP contribution in [0.4, 0.5) is 0 Å². The highest BCUT2D eigenvalue weighted by Crippen LogP contribution is 2.11. The Labute approximate surface area is 282 Å². The fourth-order valence-electron chi connectivity index (χ4n) is 4.41. The van der Waals surface area contributed by atoms with Crippen LogP contribution in [0.1, 0.15) is 31.4 Å². The Bertz CT molecular complexity index is 1390. The van der Waals surface area contributed by atoms with Crippen molar-refractivity contribution >= 4 is 47.3 Å². The number of carboxylic acids is 1. The van der Waals surface area contributed by atoms with E-state index in [-0.39, 0.29) is 25.0 Å². The number of amides is 5. The van der Waals surface area contributed by atoms with Gasteiger partial charge in [-0.1, -0.05) is 42.5 Å². The Morgan fingerprint density at radius 2 is 1.38 bits per heavy atom. The minimum atomic E-state index is -1.60. The Kier molecular flexibility index (Phi) is 16.4. The summed E-state index contributed by atoms with van der Waals surface area (Å²) in [5, 5.41) is 40.8. The van der Waals surface area contributed by atoms with Gasteiger partial charge < -0.3 is 47.6 Å². The summed E-state index contributed by atoms with van der Waals surface area (Å²) in [7, 11) is 0. The van der Waals surface area contributed by atoms with Gasteiger partial charge in [0, 0.05) is 6.42 Å². The number of phenols is 1. The van der Waals surface area contributed by atoms with E-state index in [4.69, 9.17) is 5.73 Å². The number of thioether (sulfide) groups is 1. The molecular weight excluding hydrogens is 644 g/mol. The summed E-state index contributed by atoms with van der Waals surface area (Å²) in [5.74, 6) is -4.50. The van der Waals surface area contributed by atoms with E-state index in [1.807, 2.05) is 0 Å². The maximum absolute atomic E-state index is 13.5. The quantitative estimate of drug-likeness (QED) is 0.0848. The Morgan fingerprint density at radius 3 is 1.96 bits per heavy atom. The first-order valence-corrected chi connectivity index (χ1v) is 16.6. The third-order valence-electron chi connectivity index (χ3n) is 7.13. The topological polar surface area (TPSA) is 249 Å². The van der Waals surface area contributed by atoms with E-state index in [1.165, 1.54) is 37.7 Å². The number of hydrogen-bond donors (Lipinski definition) is 9. The lowest BCUT2D eigenvalue weighted by molar-refractivity contribution is -0.145.